The molecule has 82 valence electrons. The lowest BCUT2D eigenvalue weighted by Crippen LogP contribution is -2.62. The van der Waals surface area contributed by atoms with Gasteiger partial charge in [0.25, 0.3) is 0 Å². The molecule has 14 heavy (non-hydrogen) atoms. The Bertz CT molecular complexity index is 237. The van der Waals surface area contributed by atoms with Crippen LogP contribution >= 0.6 is 0 Å². The molecule has 0 bridgehead atoms. The number of halogens is 3. The van der Waals surface area contributed by atoms with Gasteiger partial charge in [-0.25, -0.2) is 0 Å². The van der Waals surface area contributed by atoms with Crippen molar-refractivity contribution in [2.45, 2.75) is 25.6 Å². The van der Waals surface area contributed by atoms with Gasteiger partial charge in [-0.05, 0) is 13.8 Å². The summed E-state index contributed by atoms with van der Waals surface area (Å²) in [5.41, 5.74) is -0.773. The summed E-state index contributed by atoms with van der Waals surface area (Å²) in [6.07, 6.45) is -4.33. The Balaban J connectivity index is 2.76. The first-order valence-electron chi connectivity index (χ1n) is 4.30. The highest BCUT2D eigenvalue weighted by Gasteiger charge is 2.41. The highest BCUT2D eigenvalue weighted by Crippen LogP contribution is 2.24. The van der Waals surface area contributed by atoms with Crippen LogP contribution in [0.1, 0.15) is 13.8 Å². The summed E-state index contributed by atoms with van der Waals surface area (Å²) in [5.74, 6) is -0.501. The molecule has 0 aliphatic carbocycles. The molecule has 3 nitrogen and oxygen atoms in total. The fourth-order valence-corrected chi connectivity index (χ4v) is 1.49. The molecule has 0 unspecified atom stereocenters. The van der Waals surface area contributed by atoms with Crippen LogP contribution in [0.15, 0.2) is 0 Å². The van der Waals surface area contributed by atoms with Gasteiger partial charge in [0.15, 0.2) is 0 Å². The largest absolute Gasteiger partial charge is 0.406 e. The minimum atomic E-state index is -4.33. The number of carbonyl (C=O) groups excluding carboxylic acids is 1. The molecular formula is C8H13F3N2O. The maximum atomic E-state index is 12.1. The van der Waals surface area contributed by atoms with Gasteiger partial charge in [0.05, 0.1) is 12.1 Å². The molecular weight excluding hydrogens is 197 g/mol. The Morgan fingerprint density at radius 1 is 1.50 bits per heavy atom. The number of nitrogens with one attached hydrogen (secondary N) is 1. The van der Waals surface area contributed by atoms with Crippen molar-refractivity contribution < 1.29 is 18.0 Å². The number of hydrogen-bond donors (Lipinski definition) is 1. The van der Waals surface area contributed by atoms with Crippen molar-refractivity contribution in [2.75, 3.05) is 19.6 Å². The van der Waals surface area contributed by atoms with Gasteiger partial charge in [-0.1, -0.05) is 0 Å². The zero-order chi connectivity index (χ0) is 11.0. The van der Waals surface area contributed by atoms with Crippen LogP contribution in [0.5, 0.6) is 0 Å². The molecule has 1 saturated heterocycles. The molecule has 1 aliphatic heterocycles. The Labute approximate surface area is 80.3 Å². The lowest BCUT2D eigenvalue weighted by molar-refractivity contribution is -0.173. The number of amides is 1. The van der Waals surface area contributed by atoms with E-state index in [1.165, 1.54) is 0 Å². The third kappa shape index (κ3) is 2.60. The zero-order valence-electron chi connectivity index (χ0n) is 8.11. The van der Waals surface area contributed by atoms with Crippen molar-refractivity contribution in [3.63, 3.8) is 0 Å². The Hall–Kier alpha value is -0.780. The summed E-state index contributed by atoms with van der Waals surface area (Å²) in [4.78, 5) is 12.1. The quantitative estimate of drug-likeness (QED) is 0.693. The van der Waals surface area contributed by atoms with E-state index in [2.05, 4.69) is 5.32 Å². The minimum Gasteiger partial charge on any atom is -0.326 e. The summed E-state index contributed by atoms with van der Waals surface area (Å²) < 4.78 is 36.4. The van der Waals surface area contributed by atoms with Gasteiger partial charge in [-0.15, -0.1) is 0 Å². The van der Waals surface area contributed by atoms with Gasteiger partial charge in [0, 0.05) is 6.54 Å². The van der Waals surface area contributed by atoms with Crippen LogP contribution in [0.3, 0.4) is 0 Å². The smallest absolute Gasteiger partial charge is 0.326 e. The predicted molar refractivity (Wildman–Crippen MR) is 44.7 cm³/mol. The Kier molecular flexibility index (Phi) is 2.76. The van der Waals surface area contributed by atoms with E-state index in [0.29, 0.717) is 6.54 Å². The summed E-state index contributed by atoms with van der Waals surface area (Å²) in [6.45, 7) is 2.43. The molecule has 0 spiro atoms. The first-order chi connectivity index (χ1) is 6.22. The average molecular weight is 210 g/mol. The summed E-state index contributed by atoms with van der Waals surface area (Å²) >= 11 is 0. The van der Waals surface area contributed by atoms with E-state index in [1.54, 1.807) is 13.8 Å². The van der Waals surface area contributed by atoms with Crippen molar-refractivity contribution in [3.8, 4) is 0 Å². The van der Waals surface area contributed by atoms with Crippen molar-refractivity contribution in [2.24, 2.45) is 0 Å². The maximum Gasteiger partial charge on any atom is 0.406 e. The topological polar surface area (TPSA) is 32.3 Å². The van der Waals surface area contributed by atoms with Crippen LogP contribution < -0.4 is 5.32 Å². The molecule has 0 saturated carbocycles. The first kappa shape index (κ1) is 11.3. The third-order valence-corrected chi connectivity index (χ3v) is 2.20. The molecule has 0 radical (unpaired) electrons. The molecule has 0 aromatic heterocycles. The van der Waals surface area contributed by atoms with E-state index in [9.17, 15) is 18.0 Å². The monoisotopic (exact) mass is 210 g/mol. The van der Waals surface area contributed by atoms with Crippen LogP contribution in [0.25, 0.3) is 0 Å². The van der Waals surface area contributed by atoms with E-state index in [-0.39, 0.29) is 6.54 Å². The minimum absolute atomic E-state index is 0.0144. The molecule has 1 amide bonds. The second-order valence-corrected chi connectivity index (χ2v) is 4.01. The Morgan fingerprint density at radius 2 is 2.07 bits per heavy atom. The molecule has 1 rings (SSSR count). The fraction of sp³-hybridized carbons (Fsp3) is 0.875. The molecule has 6 heteroatoms. The first-order valence-corrected chi connectivity index (χ1v) is 4.30. The molecule has 1 N–H and O–H groups in total. The zero-order valence-corrected chi connectivity index (χ0v) is 8.11. The van der Waals surface area contributed by atoms with Gasteiger partial charge < -0.3 is 10.2 Å². The average Bonchev–Trinajstić information content (AvgIpc) is 1.95. The number of carbonyl (C=O) groups is 1. The van der Waals surface area contributed by atoms with E-state index in [4.69, 9.17) is 0 Å². The molecule has 0 aromatic rings. The fourth-order valence-electron chi connectivity index (χ4n) is 1.49. The van der Waals surface area contributed by atoms with Crippen LogP contribution in [0.2, 0.25) is 0 Å². The summed E-state index contributed by atoms with van der Waals surface area (Å²) in [5, 5.41) is 2.78. The van der Waals surface area contributed by atoms with Crippen molar-refractivity contribution in [1.82, 2.24) is 10.2 Å². The second-order valence-electron chi connectivity index (χ2n) is 4.01. The second kappa shape index (κ2) is 3.42. The predicted octanol–water partition coefficient (Wildman–Crippen LogP) is 0.759. The maximum absolute atomic E-state index is 12.1. The van der Waals surface area contributed by atoms with Crippen molar-refractivity contribution in [3.05, 3.63) is 0 Å². The SMILES string of the molecule is CC1(C)CNCC(=O)N1CC(F)(F)F. The molecule has 1 fully saturated rings. The third-order valence-electron chi connectivity index (χ3n) is 2.20. The number of nitrogens with zero attached hydrogens (tertiary/aromatic N) is 1. The van der Waals surface area contributed by atoms with Gasteiger partial charge in [-0.2, -0.15) is 13.2 Å². The molecule has 1 heterocycles. The molecule has 1 aliphatic rings. The lowest BCUT2D eigenvalue weighted by Gasteiger charge is -2.42. The van der Waals surface area contributed by atoms with Crippen molar-refractivity contribution >= 4 is 5.91 Å². The van der Waals surface area contributed by atoms with E-state index >= 15 is 0 Å². The van der Waals surface area contributed by atoms with Crippen LogP contribution in [0, 0.1) is 0 Å². The van der Waals surface area contributed by atoms with Gasteiger partial charge in [-0.3, -0.25) is 4.79 Å². The highest BCUT2D eigenvalue weighted by molar-refractivity contribution is 5.80. The van der Waals surface area contributed by atoms with E-state index < -0.39 is 24.2 Å². The summed E-state index contributed by atoms with van der Waals surface area (Å²) in [6, 6.07) is 0. The van der Waals surface area contributed by atoms with Crippen LogP contribution in [-0.2, 0) is 4.79 Å². The number of alkyl halides is 3. The molecule has 0 atom stereocenters. The number of piperazine rings is 1. The number of rotatable bonds is 1. The van der Waals surface area contributed by atoms with Crippen LogP contribution in [0.4, 0.5) is 13.2 Å². The summed E-state index contributed by atoms with van der Waals surface area (Å²) in [7, 11) is 0. The van der Waals surface area contributed by atoms with Crippen molar-refractivity contribution in [1.29, 1.82) is 0 Å². The van der Waals surface area contributed by atoms with Gasteiger partial charge in [0.2, 0.25) is 5.91 Å². The number of hydrogen-bond acceptors (Lipinski definition) is 2. The van der Waals surface area contributed by atoms with Gasteiger partial charge in [0.1, 0.15) is 6.54 Å². The normalized spacial score (nSPS) is 22.6. The van der Waals surface area contributed by atoms with E-state index in [1.807, 2.05) is 0 Å². The lowest BCUT2D eigenvalue weighted by atomic mass is 10.00. The van der Waals surface area contributed by atoms with E-state index in [0.717, 1.165) is 4.90 Å². The van der Waals surface area contributed by atoms with Crippen LogP contribution in [-0.4, -0.2) is 42.2 Å². The Morgan fingerprint density at radius 3 is 2.50 bits per heavy atom. The standard InChI is InChI=1S/C8H13F3N2O/c1-7(2)4-12-3-6(14)13(7)5-8(9,10)11/h12H,3-5H2,1-2H3. The molecule has 0 aromatic carbocycles. The highest BCUT2D eigenvalue weighted by atomic mass is 19.4. The van der Waals surface area contributed by atoms with Gasteiger partial charge >= 0.3 is 6.18 Å².